The molecule has 2 atom stereocenters. The summed E-state index contributed by atoms with van der Waals surface area (Å²) in [5, 5.41) is 8.35. The third-order valence-corrected chi connectivity index (χ3v) is 9.74. The SMILES string of the molecule is COc1cc(-c2nn(C3CCC(N4CCN(C)CC4)CC3)c3ncnc(N)c23)c(F)cc1NC(=O)C1CC1c1ccccc1. The molecule has 0 radical (unpaired) electrons. The van der Waals surface area contributed by atoms with E-state index < -0.39 is 5.82 Å². The molecule has 3 N–H and O–H groups in total. The predicted molar refractivity (Wildman–Crippen MR) is 168 cm³/mol. The van der Waals surface area contributed by atoms with Crippen LogP contribution in [0.25, 0.3) is 22.3 Å². The molecule has 230 valence electrons. The van der Waals surface area contributed by atoms with Gasteiger partial charge in [0.15, 0.2) is 5.65 Å². The first-order valence-corrected chi connectivity index (χ1v) is 15.6. The zero-order valence-electron chi connectivity index (χ0n) is 25.2. The highest BCUT2D eigenvalue weighted by Gasteiger charge is 2.44. The summed E-state index contributed by atoms with van der Waals surface area (Å²) >= 11 is 0. The average molecular weight is 599 g/mol. The summed E-state index contributed by atoms with van der Waals surface area (Å²) in [6.07, 6.45) is 6.27. The molecule has 1 amide bonds. The lowest BCUT2D eigenvalue weighted by molar-refractivity contribution is -0.117. The molecule has 1 aliphatic heterocycles. The van der Waals surface area contributed by atoms with E-state index in [-0.39, 0.29) is 40.9 Å². The Kier molecular flexibility index (Phi) is 7.67. The Morgan fingerprint density at radius 1 is 1.02 bits per heavy atom. The number of hydrogen-bond acceptors (Lipinski definition) is 8. The van der Waals surface area contributed by atoms with Crippen molar-refractivity contribution in [3.05, 3.63) is 60.2 Å². The minimum atomic E-state index is -0.537. The van der Waals surface area contributed by atoms with Gasteiger partial charge in [-0.3, -0.25) is 9.69 Å². The van der Waals surface area contributed by atoms with Gasteiger partial charge in [-0.05, 0) is 56.7 Å². The molecule has 7 rings (SSSR count). The number of likely N-dealkylation sites (N-methyl/N-ethyl adjacent to an activating group) is 1. The molecule has 11 heteroatoms. The second-order valence-electron chi connectivity index (χ2n) is 12.4. The smallest absolute Gasteiger partial charge is 0.228 e. The Morgan fingerprint density at radius 3 is 2.48 bits per heavy atom. The highest BCUT2D eigenvalue weighted by molar-refractivity contribution is 6.00. The summed E-state index contributed by atoms with van der Waals surface area (Å²) in [5.41, 5.74) is 8.98. The minimum absolute atomic E-state index is 0.129. The monoisotopic (exact) mass is 598 g/mol. The molecule has 3 heterocycles. The number of hydrogen-bond donors (Lipinski definition) is 2. The molecule has 3 fully saturated rings. The number of amides is 1. The fourth-order valence-electron chi connectivity index (χ4n) is 7.07. The van der Waals surface area contributed by atoms with Gasteiger partial charge in [-0.25, -0.2) is 19.0 Å². The van der Waals surface area contributed by atoms with Crippen molar-refractivity contribution in [3.63, 3.8) is 0 Å². The van der Waals surface area contributed by atoms with Gasteiger partial charge in [0.05, 0.1) is 24.2 Å². The molecule has 2 saturated carbocycles. The van der Waals surface area contributed by atoms with Gasteiger partial charge >= 0.3 is 0 Å². The van der Waals surface area contributed by atoms with Crippen molar-refractivity contribution >= 4 is 28.4 Å². The van der Waals surface area contributed by atoms with Crippen LogP contribution in [0.3, 0.4) is 0 Å². The number of methoxy groups -OCH3 is 1. The van der Waals surface area contributed by atoms with Gasteiger partial charge in [0.2, 0.25) is 5.91 Å². The number of fused-ring (bicyclic) bond motifs is 1. The first kappa shape index (κ1) is 28.7. The maximum Gasteiger partial charge on any atom is 0.228 e. The third kappa shape index (κ3) is 5.39. The van der Waals surface area contributed by atoms with E-state index in [4.69, 9.17) is 15.6 Å². The van der Waals surface area contributed by atoms with Gasteiger partial charge < -0.3 is 20.7 Å². The van der Waals surface area contributed by atoms with E-state index in [0.717, 1.165) is 63.8 Å². The summed E-state index contributed by atoms with van der Waals surface area (Å²) < 4.78 is 23.5. The van der Waals surface area contributed by atoms with Gasteiger partial charge in [0, 0.05) is 49.8 Å². The van der Waals surface area contributed by atoms with Crippen LogP contribution in [-0.4, -0.2) is 81.8 Å². The first-order valence-electron chi connectivity index (χ1n) is 15.6. The van der Waals surface area contributed by atoms with Crippen LogP contribution < -0.4 is 15.8 Å². The Balaban J connectivity index is 1.14. The number of benzene rings is 2. The van der Waals surface area contributed by atoms with Crippen molar-refractivity contribution in [1.82, 2.24) is 29.5 Å². The fraction of sp³-hybridized carbons (Fsp3) is 0.455. The van der Waals surface area contributed by atoms with E-state index >= 15 is 4.39 Å². The molecule has 44 heavy (non-hydrogen) atoms. The van der Waals surface area contributed by atoms with Crippen molar-refractivity contribution in [2.45, 2.75) is 50.1 Å². The normalized spacial score (nSPS) is 24.3. The average Bonchev–Trinajstić information content (AvgIpc) is 3.76. The van der Waals surface area contributed by atoms with Crippen LogP contribution in [0, 0.1) is 11.7 Å². The first-order chi connectivity index (χ1) is 21.4. The van der Waals surface area contributed by atoms with E-state index in [1.807, 2.05) is 35.0 Å². The van der Waals surface area contributed by atoms with Crippen molar-refractivity contribution in [2.75, 3.05) is 51.4 Å². The number of nitrogens with one attached hydrogen (secondary N) is 1. The maximum absolute atomic E-state index is 15.9. The van der Waals surface area contributed by atoms with Gasteiger partial charge in [-0.1, -0.05) is 30.3 Å². The summed E-state index contributed by atoms with van der Waals surface area (Å²) in [6, 6.07) is 13.6. The second-order valence-corrected chi connectivity index (χ2v) is 12.4. The Bertz CT molecular complexity index is 1660. The Labute approximate surface area is 256 Å². The Hall–Kier alpha value is -4.09. The molecule has 10 nitrogen and oxygen atoms in total. The number of anilines is 2. The molecule has 2 unspecified atom stereocenters. The Morgan fingerprint density at radius 2 is 1.75 bits per heavy atom. The van der Waals surface area contributed by atoms with Crippen LogP contribution in [0.15, 0.2) is 48.8 Å². The standard InChI is InChI=1S/C33H39FN8O2/c1-40-12-14-41(15-13-40)21-8-10-22(11-9-21)42-32-29(31(35)36-19-37-32)30(39-42)25-17-28(44-2)27(18-26(25)34)38-33(43)24-16-23(24)20-6-4-3-5-7-20/h3-7,17-19,21-24H,8-16H2,1-2H3,(H,38,43)(H2,35,36,37). The number of nitrogens with zero attached hydrogens (tertiary/aromatic N) is 6. The van der Waals surface area contributed by atoms with E-state index in [1.165, 1.54) is 19.5 Å². The summed E-state index contributed by atoms with van der Waals surface area (Å²) in [6.45, 7) is 4.43. The zero-order chi connectivity index (χ0) is 30.4. The number of piperazine rings is 1. The van der Waals surface area contributed by atoms with Crippen molar-refractivity contribution in [2.24, 2.45) is 5.92 Å². The molecule has 0 spiro atoms. The molecule has 2 aromatic heterocycles. The molecule has 2 aromatic carbocycles. The van der Waals surface area contributed by atoms with Crippen LogP contribution in [0.4, 0.5) is 15.9 Å². The number of carbonyl (C=O) groups is 1. The highest BCUT2D eigenvalue weighted by Crippen LogP contribution is 2.48. The number of rotatable bonds is 7. The fourth-order valence-corrected chi connectivity index (χ4v) is 7.07. The van der Waals surface area contributed by atoms with Gasteiger partial charge in [-0.15, -0.1) is 0 Å². The lowest BCUT2D eigenvalue weighted by Crippen LogP contribution is -2.49. The van der Waals surface area contributed by atoms with Crippen LogP contribution >= 0.6 is 0 Å². The zero-order valence-corrected chi connectivity index (χ0v) is 25.2. The van der Waals surface area contributed by atoms with E-state index in [2.05, 4.69) is 32.1 Å². The van der Waals surface area contributed by atoms with Crippen LogP contribution in [0.5, 0.6) is 5.75 Å². The summed E-state index contributed by atoms with van der Waals surface area (Å²) in [7, 11) is 3.68. The second kappa shape index (κ2) is 11.8. The number of carbonyl (C=O) groups excluding carboxylic acids is 1. The van der Waals surface area contributed by atoms with Crippen LogP contribution in [0.1, 0.15) is 49.6 Å². The molecule has 2 aliphatic carbocycles. The van der Waals surface area contributed by atoms with Gasteiger partial charge in [0.25, 0.3) is 0 Å². The topological polar surface area (TPSA) is 114 Å². The van der Waals surface area contributed by atoms with E-state index in [1.54, 1.807) is 6.07 Å². The van der Waals surface area contributed by atoms with E-state index in [0.29, 0.717) is 28.5 Å². The van der Waals surface area contributed by atoms with Crippen molar-refractivity contribution in [3.8, 4) is 17.0 Å². The predicted octanol–water partition coefficient (Wildman–Crippen LogP) is 4.70. The lowest BCUT2D eigenvalue weighted by atomic mass is 9.90. The maximum atomic E-state index is 15.9. The molecule has 4 aromatic rings. The lowest BCUT2D eigenvalue weighted by Gasteiger charge is -2.41. The van der Waals surface area contributed by atoms with Crippen LogP contribution in [0.2, 0.25) is 0 Å². The number of nitrogen functional groups attached to an aromatic ring is 1. The molecular formula is C33H39FN8O2. The van der Waals surface area contributed by atoms with Gasteiger partial charge in [0.1, 0.15) is 29.4 Å². The quantitative estimate of drug-likeness (QED) is 0.315. The number of aromatic nitrogens is 4. The van der Waals surface area contributed by atoms with E-state index in [9.17, 15) is 4.79 Å². The van der Waals surface area contributed by atoms with Crippen molar-refractivity contribution in [1.29, 1.82) is 0 Å². The molecule has 3 aliphatic rings. The summed E-state index contributed by atoms with van der Waals surface area (Å²) in [4.78, 5) is 26.9. The molecule has 0 bridgehead atoms. The van der Waals surface area contributed by atoms with Crippen molar-refractivity contribution < 1.29 is 13.9 Å². The molecule has 1 saturated heterocycles. The number of nitrogens with two attached hydrogens (primary N) is 1. The molecular weight excluding hydrogens is 559 g/mol. The number of halogens is 1. The van der Waals surface area contributed by atoms with Crippen LogP contribution in [-0.2, 0) is 4.79 Å². The minimum Gasteiger partial charge on any atom is -0.495 e. The highest BCUT2D eigenvalue weighted by atomic mass is 19.1. The summed E-state index contributed by atoms with van der Waals surface area (Å²) in [5.74, 6) is -0.0840. The largest absolute Gasteiger partial charge is 0.495 e. The number of ether oxygens (including phenoxy) is 1. The third-order valence-electron chi connectivity index (χ3n) is 9.74. The van der Waals surface area contributed by atoms with Gasteiger partial charge in [-0.2, -0.15) is 5.10 Å².